The van der Waals surface area contributed by atoms with Crippen molar-refractivity contribution in [2.75, 3.05) is 19.8 Å². The Kier molecular flexibility index (Phi) is 9.15. The highest BCUT2D eigenvalue weighted by molar-refractivity contribution is 7.89. The third-order valence-electron chi connectivity index (χ3n) is 16.1. The van der Waals surface area contributed by atoms with Crippen molar-refractivity contribution in [2.45, 2.75) is 131 Å². The maximum atomic E-state index is 13.5. The lowest BCUT2D eigenvalue weighted by Crippen LogP contribution is -2.69. The zero-order valence-electron chi connectivity index (χ0n) is 32.0. The molecule has 5 aliphatic rings. The molecule has 1 aromatic heterocycles. The molecule has 0 spiro atoms. The second-order valence-electron chi connectivity index (χ2n) is 19.0. The number of rotatable bonds is 9. The molecule has 11 nitrogen and oxygen atoms in total. The van der Waals surface area contributed by atoms with E-state index in [2.05, 4.69) is 78.5 Å². The number of sulfonamides is 1. The van der Waals surface area contributed by atoms with E-state index < -0.39 is 55.8 Å². The van der Waals surface area contributed by atoms with Gasteiger partial charge in [-0.1, -0.05) is 74.0 Å². The molecule has 3 saturated carbocycles. The Morgan fingerprint density at radius 3 is 2.40 bits per heavy atom. The summed E-state index contributed by atoms with van der Waals surface area (Å²) in [6.07, 6.45) is 8.15. The predicted octanol–water partition coefficient (Wildman–Crippen LogP) is 5.81. The minimum absolute atomic E-state index is 0.152. The number of nitrogens with two attached hydrogens (primary N) is 2. The molecule has 4 fully saturated rings. The first-order valence-corrected chi connectivity index (χ1v) is 20.4. The van der Waals surface area contributed by atoms with Crippen LogP contribution in [0.3, 0.4) is 0 Å². The highest BCUT2D eigenvalue weighted by atomic mass is 32.2. The van der Waals surface area contributed by atoms with Crippen molar-refractivity contribution >= 4 is 16.0 Å². The van der Waals surface area contributed by atoms with Gasteiger partial charge in [-0.15, -0.1) is 0 Å². The van der Waals surface area contributed by atoms with E-state index in [-0.39, 0.29) is 46.3 Å². The van der Waals surface area contributed by atoms with Crippen LogP contribution < -0.4 is 10.9 Å². The number of nitrogens with zero attached hydrogens (tertiary/aromatic N) is 3. The number of allylic oxidation sites excluding steroid dienone is 1. The van der Waals surface area contributed by atoms with E-state index in [0.29, 0.717) is 32.0 Å². The van der Waals surface area contributed by atoms with E-state index in [1.54, 1.807) is 0 Å². The highest BCUT2D eigenvalue weighted by Gasteiger charge is 2.72. The van der Waals surface area contributed by atoms with Gasteiger partial charge in [0.1, 0.15) is 6.33 Å². The van der Waals surface area contributed by atoms with Crippen LogP contribution in [-0.4, -0.2) is 65.7 Å². The van der Waals surface area contributed by atoms with Gasteiger partial charge in [0.05, 0.1) is 37.9 Å². The largest absolute Gasteiger partial charge is 0.481 e. The molecule has 0 aromatic carbocycles. The Labute approximate surface area is 299 Å². The number of hydrogen-bond acceptors (Lipinski definition) is 8. The molecule has 0 amide bonds. The number of fused-ring (bicyclic) bond motifs is 3. The van der Waals surface area contributed by atoms with Crippen molar-refractivity contribution < 1.29 is 27.8 Å². The fraction of sp³-hybridized carbons (Fsp3) is 0.868. The molecule has 2 heterocycles. The third kappa shape index (κ3) is 5.22. The molecule has 282 valence electrons. The third-order valence-corrected chi connectivity index (χ3v) is 16.9. The van der Waals surface area contributed by atoms with Crippen LogP contribution in [0, 0.1) is 62.6 Å². The molecule has 1 aromatic rings. The van der Waals surface area contributed by atoms with Crippen LogP contribution in [0.1, 0.15) is 114 Å². The van der Waals surface area contributed by atoms with Crippen LogP contribution >= 0.6 is 0 Å². The van der Waals surface area contributed by atoms with Gasteiger partial charge in [0, 0.05) is 16.4 Å². The highest BCUT2D eigenvalue weighted by Crippen LogP contribution is 2.75. The number of hydrogen-bond donors (Lipinski definition) is 3. The van der Waals surface area contributed by atoms with E-state index in [0.717, 1.165) is 25.7 Å². The van der Waals surface area contributed by atoms with Crippen molar-refractivity contribution in [3.05, 3.63) is 18.0 Å². The number of carboxylic acids is 1. The molecular weight excluding hydrogens is 655 g/mol. The molecule has 1 aliphatic heterocycles. The SMILES string of the molecule is CC(C)[C@@H](C)[C@@]1(C)CC[C@]2(C)[C@H]3CC[C@@H]4[C@@]5(COC[C@@]4(C)[C@@H](OC[C@](C)(N)C(C)C)[C@H](n4ncnc4S(N)(=O)=O)C5)C3=CC[C@@]2(C)[C@@H]1C(=O)O. The van der Waals surface area contributed by atoms with Crippen molar-refractivity contribution in [1.29, 1.82) is 0 Å². The van der Waals surface area contributed by atoms with Crippen LogP contribution in [0.15, 0.2) is 23.1 Å². The number of carbonyl (C=O) groups is 1. The molecule has 50 heavy (non-hydrogen) atoms. The summed E-state index contributed by atoms with van der Waals surface area (Å²) in [5.74, 6) is -0.00358. The smallest absolute Gasteiger partial charge is 0.307 e. The van der Waals surface area contributed by atoms with E-state index in [1.165, 1.54) is 16.6 Å². The summed E-state index contributed by atoms with van der Waals surface area (Å²) in [7, 11) is -4.18. The Morgan fingerprint density at radius 2 is 1.80 bits per heavy atom. The Balaban J connectivity index is 1.49. The quantitative estimate of drug-likeness (QED) is 0.266. The van der Waals surface area contributed by atoms with Gasteiger partial charge in [0.2, 0.25) is 0 Å². The van der Waals surface area contributed by atoms with E-state index in [1.807, 2.05) is 6.92 Å². The second kappa shape index (κ2) is 12.1. The van der Waals surface area contributed by atoms with Crippen LogP contribution in [0.4, 0.5) is 0 Å². The average Bonchev–Trinajstić information content (AvgIpc) is 3.51. The molecule has 4 aliphatic carbocycles. The maximum absolute atomic E-state index is 13.5. The Morgan fingerprint density at radius 1 is 1.12 bits per heavy atom. The summed E-state index contributed by atoms with van der Waals surface area (Å²) >= 11 is 0. The molecule has 0 radical (unpaired) electrons. The van der Waals surface area contributed by atoms with Gasteiger partial charge < -0.3 is 20.3 Å². The van der Waals surface area contributed by atoms with Gasteiger partial charge in [0.25, 0.3) is 15.2 Å². The Bertz CT molecular complexity index is 1640. The van der Waals surface area contributed by atoms with E-state index in [9.17, 15) is 18.3 Å². The van der Waals surface area contributed by atoms with Crippen LogP contribution in [0.5, 0.6) is 0 Å². The number of aromatic nitrogens is 3. The molecule has 2 bridgehead atoms. The number of primary sulfonamides is 1. The first-order valence-electron chi connectivity index (χ1n) is 18.8. The lowest BCUT2D eigenvalue weighted by atomic mass is 9.34. The first kappa shape index (κ1) is 37.9. The fourth-order valence-electron chi connectivity index (χ4n) is 12.2. The molecule has 12 atom stereocenters. The number of ether oxygens (including phenoxy) is 2. The minimum Gasteiger partial charge on any atom is -0.481 e. The molecule has 5 N–H and O–H groups in total. The molecule has 12 heteroatoms. The topological polar surface area (TPSA) is 173 Å². The minimum atomic E-state index is -4.18. The van der Waals surface area contributed by atoms with E-state index >= 15 is 0 Å². The summed E-state index contributed by atoms with van der Waals surface area (Å²) in [5, 5.41) is 21.0. The van der Waals surface area contributed by atoms with Crippen molar-refractivity contribution in [2.24, 2.45) is 73.5 Å². The van der Waals surface area contributed by atoms with Gasteiger partial charge in [0.15, 0.2) is 0 Å². The fourth-order valence-corrected chi connectivity index (χ4v) is 12.9. The van der Waals surface area contributed by atoms with Crippen LogP contribution in [0.25, 0.3) is 0 Å². The summed E-state index contributed by atoms with van der Waals surface area (Å²) < 4.78 is 40.8. The summed E-state index contributed by atoms with van der Waals surface area (Å²) in [6.45, 7) is 23.2. The van der Waals surface area contributed by atoms with Gasteiger partial charge in [-0.25, -0.2) is 23.2 Å². The Hall–Kier alpha value is -1.86. The number of carboxylic acid groups (broad SMARTS) is 1. The maximum Gasteiger partial charge on any atom is 0.307 e. The predicted molar refractivity (Wildman–Crippen MR) is 191 cm³/mol. The zero-order chi connectivity index (χ0) is 37.0. The zero-order valence-corrected chi connectivity index (χ0v) is 32.8. The molecule has 1 saturated heterocycles. The van der Waals surface area contributed by atoms with Crippen LogP contribution in [0.2, 0.25) is 0 Å². The van der Waals surface area contributed by atoms with Crippen LogP contribution in [-0.2, 0) is 24.3 Å². The summed E-state index contributed by atoms with van der Waals surface area (Å²) in [5.41, 5.74) is 5.57. The standard InChI is InChI=1S/C38H63N5O6S/c1-22(2)24(5)33(6)15-16-35(8)25-11-12-28-34(7)18-48-20-38(28,26(25)13-14-36(35,9)29(33)31(44)45)17-27(30(34)49-19-37(10,39)23(3)4)43-32(41-21-42-43)50(40,46)47/h13,21-25,27-30H,11-12,14-20,39H2,1-10H3,(H,44,45)(H2,40,46,47)/t24-,25+,27-,28+,29-,30+,33-,34-,35-,36+,37+,38+/m1/s1. The molecule has 0 unspecified atom stereocenters. The van der Waals surface area contributed by atoms with Gasteiger partial charge in [-0.2, -0.15) is 5.10 Å². The van der Waals surface area contributed by atoms with Gasteiger partial charge in [-0.3, -0.25) is 4.79 Å². The monoisotopic (exact) mass is 717 g/mol. The van der Waals surface area contributed by atoms with Crippen molar-refractivity contribution in [1.82, 2.24) is 14.8 Å². The summed E-state index contributed by atoms with van der Waals surface area (Å²) in [4.78, 5) is 17.6. The second-order valence-corrected chi connectivity index (χ2v) is 20.5. The average molecular weight is 718 g/mol. The molecular formula is C38H63N5O6S. The lowest BCUT2D eigenvalue weighted by molar-refractivity contribution is -0.253. The summed E-state index contributed by atoms with van der Waals surface area (Å²) in [6, 6.07) is -0.493. The van der Waals surface area contributed by atoms with Crippen molar-refractivity contribution in [3.63, 3.8) is 0 Å². The lowest BCUT2D eigenvalue weighted by Gasteiger charge is -2.71. The van der Waals surface area contributed by atoms with Gasteiger partial charge in [-0.05, 0) is 91.3 Å². The van der Waals surface area contributed by atoms with Crippen molar-refractivity contribution in [3.8, 4) is 0 Å². The van der Waals surface area contributed by atoms with E-state index in [4.69, 9.17) is 20.3 Å². The molecule has 6 rings (SSSR count). The first-order chi connectivity index (χ1) is 23.0. The normalized spacial score (nSPS) is 43.3. The number of aliphatic carboxylic acids is 1. The van der Waals surface area contributed by atoms with Gasteiger partial charge >= 0.3 is 5.97 Å².